The normalized spacial score (nSPS) is 21.4. The molecule has 1 saturated heterocycles. The number of hydrogen-bond acceptors (Lipinski definition) is 4. The van der Waals surface area contributed by atoms with Crippen LogP contribution in [0.15, 0.2) is 6.07 Å². The summed E-state index contributed by atoms with van der Waals surface area (Å²) in [5.74, 6) is 0.880. The number of rotatable bonds is 4. The lowest BCUT2D eigenvalue weighted by molar-refractivity contribution is 0.100. The number of anilines is 1. The number of amides is 1. The molecule has 1 aliphatic heterocycles. The Labute approximate surface area is 113 Å². The van der Waals surface area contributed by atoms with E-state index in [0.717, 1.165) is 44.6 Å². The van der Waals surface area contributed by atoms with Gasteiger partial charge in [-0.05, 0) is 56.3 Å². The zero-order valence-corrected chi connectivity index (χ0v) is 11.0. The zero-order valence-electron chi connectivity index (χ0n) is 11.0. The Morgan fingerprint density at radius 2 is 2.42 bits per heavy atom. The Morgan fingerprint density at radius 3 is 3.16 bits per heavy atom. The number of nitrogens with two attached hydrogens (primary N) is 1. The highest BCUT2D eigenvalue weighted by Crippen LogP contribution is 2.25. The van der Waals surface area contributed by atoms with E-state index >= 15 is 0 Å². The summed E-state index contributed by atoms with van der Waals surface area (Å²) in [4.78, 5) is 16.2. The average molecular weight is 260 g/mol. The average Bonchev–Trinajstić information content (AvgIpc) is 3.05. The van der Waals surface area contributed by atoms with Gasteiger partial charge in [-0.15, -0.1) is 0 Å². The van der Waals surface area contributed by atoms with Crippen molar-refractivity contribution in [1.82, 2.24) is 10.3 Å². The van der Waals surface area contributed by atoms with Crippen LogP contribution in [-0.2, 0) is 12.8 Å². The van der Waals surface area contributed by atoms with Crippen molar-refractivity contribution in [3.8, 4) is 0 Å². The minimum Gasteiger partial charge on any atom is -0.369 e. The molecule has 0 spiro atoms. The van der Waals surface area contributed by atoms with E-state index in [-0.39, 0.29) is 0 Å². The van der Waals surface area contributed by atoms with Crippen LogP contribution in [0.4, 0.5) is 5.82 Å². The van der Waals surface area contributed by atoms with Crippen LogP contribution in [0.2, 0.25) is 0 Å². The third kappa shape index (κ3) is 2.56. The molecule has 1 atom stereocenters. The van der Waals surface area contributed by atoms with Crippen LogP contribution < -0.4 is 16.4 Å². The number of fused-ring (bicyclic) bond motifs is 1. The van der Waals surface area contributed by atoms with Crippen molar-refractivity contribution in [3.63, 3.8) is 0 Å². The minimum absolute atomic E-state index is 0.394. The summed E-state index contributed by atoms with van der Waals surface area (Å²) in [5.41, 5.74) is 8.30. The topological polar surface area (TPSA) is 80.0 Å². The van der Waals surface area contributed by atoms with Crippen molar-refractivity contribution in [2.75, 3.05) is 25.0 Å². The van der Waals surface area contributed by atoms with Gasteiger partial charge >= 0.3 is 0 Å². The first-order valence-electron chi connectivity index (χ1n) is 7.01. The van der Waals surface area contributed by atoms with Gasteiger partial charge in [-0.2, -0.15) is 0 Å². The standard InChI is InChI=1S/C14H20N4O/c15-13(19)11-6-10-2-1-3-12(10)18-14(11)17-8-9-4-5-16-7-9/h6,9,16H,1-5,7-8H2,(H2,15,19)(H,17,18). The first kappa shape index (κ1) is 12.4. The lowest BCUT2D eigenvalue weighted by Crippen LogP contribution is -2.21. The van der Waals surface area contributed by atoms with Crippen LogP contribution in [0.5, 0.6) is 0 Å². The number of primary amides is 1. The fourth-order valence-electron chi connectivity index (χ4n) is 2.92. The summed E-state index contributed by atoms with van der Waals surface area (Å²) < 4.78 is 0. The predicted octanol–water partition coefficient (Wildman–Crippen LogP) is 0.691. The second kappa shape index (κ2) is 5.17. The van der Waals surface area contributed by atoms with Crippen molar-refractivity contribution < 1.29 is 4.79 Å². The summed E-state index contributed by atoms with van der Waals surface area (Å²) in [6.07, 6.45) is 4.31. The molecule has 102 valence electrons. The molecule has 0 aromatic carbocycles. The van der Waals surface area contributed by atoms with Crippen molar-refractivity contribution in [1.29, 1.82) is 0 Å². The van der Waals surface area contributed by atoms with Crippen LogP contribution in [0.25, 0.3) is 0 Å². The number of pyridine rings is 1. The zero-order chi connectivity index (χ0) is 13.2. The van der Waals surface area contributed by atoms with E-state index in [2.05, 4.69) is 15.6 Å². The first-order valence-corrected chi connectivity index (χ1v) is 7.01. The van der Waals surface area contributed by atoms with E-state index in [1.807, 2.05) is 6.07 Å². The molecule has 4 N–H and O–H groups in total. The number of aryl methyl sites for hydroxylation is 2. The Bertz CT molecular complexity index is 494. The van der Waals surface area contributed by atoms with Crippen molar-refractivity contribution in [3.05, 3.63) is 22.9 Å². The second-order valence-corrected chi connectivity index (χ2v) is 5.45. The van der Waals surface area contributed by atoms with Gasteiger partial charge in [-0.25, -0.2) is 4.98 Å². The molecule has 3 rings (SSSR count). The summed E-state index contributed by atoms with van der Waals surface area (Å²) in [7, 11) is 0. The molecule has 19 heavy (non-hydrogen) atoms. The largest absolute Gasteiger partial charge is 0.369 e. The van der Waals surface area contributed by atoms with Gasteiger partial charge in [0.2, 0.25) is 0 Å². The molecule has 2 aliphatic rings. The maximum Gasteiger partial charge on any atom is 0.252 e. The molecule has 1 aromatic heterocycles. The lowest BCUT2D eigenvalue weighted by atomic mass is 10.1. The van der Waals surface area contributed by atoms with Gasteiger partial charge in [0.25, 0.3) is 5.91 Å². The fourth-order valence-corrected chi connectivity index (χ4v) is 2.92. The molecule has 1 unspecified atom stereocenters. The van der Waals surface area contributed by atoms with Crippen LogP contribution in [-0.4, -0.2) is 30.5 Å². The van der Waals surface area contributed by atoms with Gasteiger partial charge in [-0.1, -0.05) is 0 Å². The summed E-state index contributed by atoms with van der Waals surface area (Å²) in [5, 5.41) is 6.65. The van der Waals surface area contributed by atoms with Gasteiger partial charge in [0.15, 0.2) is 0 Å². The third-order valence-corrected chi connectivity index (χ3v) is 4.04. The van der Waals surface area contributed by atoms with Gasteiger partial charge < -0.3 is 16.4 Å². The summed E-state index contributed by atoms with van der Waals surface area (Å²) in [6, 6.07) is 1.92. The van der Waals surface area contributed by atoms with Gasteiger partial charge in [0, 0.05) is 12.2 Å². The molecule has 5 heteroatoms. The maximum atomic E-state index is 11.5. The van der Waals surface area contributed by atoms with Crippen LogP contribution >= 0.6 is 0 Å². The van der Waals surface area contributed by atoms with Gasteiger partial charge in [0.05, 0.1) is 5.56 Å². The number of nitrogens with one attached hydrogen (secondary N) is 2. The monoisotopic (exact) mass is 260 g/mol. The van der Waals surface area contributed by atoms with E-state index in [0.29, 0.717) is 17.3 Å². The van der Waals surface area contributed by atoms with E-state index in [1.54, 1.807) is 0 Å². The lowest BCUT2D eigenvalue weighted by Gasteiger charge is -2.14. The van der Waals surface area contributed by atoms with Crippen molar-refractivity contribution in [2.45, 2.75) is 25.7 Å². The third-order valence-electron chi connectivity index (χ3n) is 4.04. The van der Waals surface area contributed by atoms with E-state index in [1.165, 1.54) is 12.0 Å². The highest BCUT2D eigenvalue weighted by molar-refractivity contribution is 5.97. The highest BCUT2D eigenvalue weighted by Gasteiger charge is 2.20. The number of hydrogen-bond donors (Lipinski definition) is 3. The summed E-state index contributed by atoms with van der Waals surface area (Å²) in [6.45, 7) is 2.95. The molecule has 0 radical (unpaired) electrons. The van der Waals surface area contributed by atoms with E-state index in [9.17, 15) is 4.79 Å². The van der Waals surface area contributed by atoms with Crippen LogP contribution in [0, 0.1) is 5.92 Å². The quantitative estimate of drug-likeness (QED) is 0.744. The molecule has 0 bridgehead atoms. The Kier molecular flexibility index (Phi) is 3.38. The second-order valence-electron chi connectivity index (χ2n) is 5.45. The van der Waals surface area contributed by atoms with E-state index in [4.69, 9.17) is 5.73 Å². The smallest absolute Gasteiger partial charge is 0.252 e. The molecule has 2 heterocycles. The van der Waals surface area contributed by atoms with Crippen LogP contribution in [0.3, 0.4) is 0 Å². The first-order chi connectivity index (χ1) is 9.24. The van der Waals surface area contributed by atoms with Gasteiger partial charge in [-0.3, -0.25) is 4.79 Å². The number of carbonyl (C=O) groups is 1. The Balaban J connectivity index is 1.80. The van der Waals surface area contributed by atoms with Crippen LogP contribution in [0.1, 0.15) is 34.5 Å². The highest BCUT2D eigenvalue weighted by atomic mass is 16.1. The van der Waals surface area contributed by atoms with Crippen molar-refractivity contribution in [2.24, 2.45) is 11.7 Å². The predicted molar refractivity (Wildman–Crippen MR) is 74.2 cm³/mol. The Hall–Kier alpha value is -1.62. The molecular weight excluding hydrogens is 240 g/mol. The fraction of sp³-hybridized carbons (Fsp3) is 0.571. The molecule has 1 aliphatic carbocycles. The number of aromatic nitrogens is 1. The molecular formula is C14H20N4O. The molecule has 1 fully saturated rings. The molecule has 1 amide bonds. The Morgan fingerprint density at radius 1 is 1.53 bits per heavy atom. The maximum absolute atomic E-state index is 11.5. The minimum atomic E-state index is -0.394. The molecule has 0 saturated carbocycles. The number of carbonyl (C=O) groups excluding carboxylic acids is 1. The number of nitrogens with zero attached hydrogens (tertiary/aromatic N) is 1. The summed E-state index contributed by atoms with van der Waals surface area (Å²) >= 11 is 0. The molecule has 1 aromatic rings. The van der Waals surface area contributed by atoms with Crippen molar-refractivity contribution >= 4 is 11.7 Å². The van der Waals surface area contributed by atoms with Gasteiger partial charge in [0.1, 0.15) is 5.82 Å². The van der Waals surface area contributed by atoms with E-state index < -0.39 is 5.91 Å². The SMILES string of the molecule is NC(=O)c1cc2c(nc1NCC1CCNC1)CCC2. The molecule has 5 nitrogen and oxygen atoms in total.